The molecule has 1 aromatic carbocycles. The lowest BCUT2D eigenvalue weighted by Crippen LogP contribution is -2.45. The second kappa shape index (κ2) is 8.42. The monoisotopic (exact) mass is 407 g/mol. The van der Waals surface area contributed by atoms with E-state index in [1.54, 1.807) is 0 Å². The fourth-order valence-corrected chi connectivity index (χ4v) is 4.06. The van der Waals surface area contributed by atoms with Gasteiger partial charge in [-0.3, -0.25) is 14.3 Å². The van der Waals surface area contributed by atoms with Crippen LogP contribution in [-0.4, -0.2) is 45.3 Å². The molecule has 1 saturated heterocycles. The van der Waals surface area contributed by atoms with E-state index in [0.717, 1.165) is 18.4 Å². The maximum absolute atomic E-state index is 13.1. The molecule has 0 saturated carbocycles. The average Bonchev–Trinajstić information content (AvgIpc) is 3.20. The highest BCUT2D eigenvalue weighted by Crippen LogP contribution is 2.26. The number of amides is 2. The summed E-state index contributed by atoms with van der Waals surface area (Å²) >= 11 is 0. The second-order valence-corrected chi connectivity index (χ2v) is 8.52. The first-order valence-corrected chi connectivity index (χ1v) is 10.7. The quantitative estimate of drug-likeness (QED) is 0.777. The van der Waals surface area contributed by atoms with Gasteiger partial charge in [-0.2, -0.15) is 10.2 Å². The topological polar surface area (TPSA) is 70.8 Å². The van der Waals surface area contributed by atoms with E-state index in [9.17, 15) is 9.59 Å². The fraction of sp³-hybridized carbons (Fsp3) is 0.478. The lowest BCUT2D eigenvalue weighted by molar-refractivity contribution is -0.125. The van der Waals surface area contributed by atoms with E-state index >= 15 is 0 Å². The Labute approximate surface area is 177 Å². The van der Waals surface area contributed by atoms with Crippen molar-refractivity contribution in [1.29, 1.82) is 0 Å². The van der Waals surface area contributed by atoms with Crippen molar-refractivity contribution in [2.75, 3.05) is 18.1 Å². The molecule has 2 aliphatic rings. The van der Waals surface area contributed by atoms with Gasteiger partial charge in [0.15, 0.2) is 0 Å². The number of aromatic nitrogens is 2. The van der Waals surface area contributed by atoms with Crippen LogP contribution in [0, 0.1) is 6.92 Å². The molecular formula is C23H29N5O2. The first kappa shape index (κ1) is 20.3. The Morgan fingerprint density at radius 2 is 1.80 bits per heavy atom. The van der Waals surface area contributed by atoms with Crippen LogP contribution in [0.15, 0.2) is 41.8 Å². The van der Waals surface area contributed by atoms with Crippen molar-refractivity contribution in [2.24, 2.45) is 5.10 Å². The molecule has 0 N–H and O–H groups in total. The Bertz CT molecular complexity index is 952. The van der Waals surface area contributed by atoms with Crippen molar-refractivity contribution in [1.82, 2.24) is 14.7 Å². The standard InChI is InChI=1S/C23H29N5O2/c1-16(2)18-4-6-20(7-5-18)28-22(29)9-8-21(25-28)23(30)26-12-10-19(11-13-26)27-15-17(3)14-24-27/h4-7,14-16,19H,8-13H2,1-3H3. The summed E-state index contributed by atoms with van der Waals surface area (Å²) < 4.78 is 2.01. The number of hydrazone groups is 1. The van der Waals surface area contributed by atoms with Crippen LogP contribution in [0.1, 0.15) is 62.6 Å². The number of hydrogen-bond acceptors (Lipinski definition) is 4. The molecule has 0 atom stereocenters. The lowest BCUT2D eigenvalue weighted by Gasteiger charge is -2.33. The van der Waals surface area contributed by atoms with Gasteiger partial charge in [-0.05, 0) is 48.9 Å². The van der Waals surface area contributed by atoms with Crippen molar-refractivity contribution in [3.05, 3.63) is 47.8 Å². The lowest BCUT2D eigenvalue weighted by atomic mass is 10.0. The van der Waals surface area contributed by atoms with E-state index in [4.69, 9.17) is 0 Å². The Hall–Kier alpha value is -2.96. The molecule has 3 heterocycles. The van der Waals surface area contributed by atoms with Crippen molar-refractivity contribution >= 4 is 23.2 Å². The van der Waals surface area contributed by atoms with Crippen LogP contribution < -0.4 is 5.01 Å². The molecule has 4 rings (SSSR count). The van der Waals surface area contributed by atoms with Crippen molar-refractivity contribution in [3.63, 3.8) is 0 Å². The Kier molecular flexibility index (Phi) is 5.70. The summed E-state index contributed by atoms with van der Waals surface area (Å²) in [5.74, 6) is 0.295. The highest BCUT2D eigenvalue weighted by Gasteiger charge is 2.31. The Morgan fingerprint density at radius 1 is 1.10 bits per heavy atom. The second-order valence-electron chi connectivity index (χ2n) is 8.52. The smallest absolute Gasteiger partial charge is 0.270 e. The number of rotatable bonds is 4. The molecule has 1 aromatic heterocycles. The van der Waals surface area contributed by atoms with E-state index in [0.29, 0.717) is 49.3 Å². The maximum Gasteiger partial charge on any atom is 0.270 e. The van der Waals surface area contributed by atoms with Crippen molar-refractivity contribution < 1.29 is 9.59 Å². The normalized spacial score (nSPS) is 18.1. The molecule has 0 spiro atoms. The number of carbonyl (C=O) groups excluding carboxylic acids is 2. The maximum atomic E-state index is 13.1. The molecule has 7 heteroatoms. The minimum Gasteiger partial charge on any atom is -0.337 e. The fourth-order valence-electron chi connectivity index (χ4n) is 4.06. The summed E-state index contributed by atoms with van der Waals surface area (Å²) in [4.78, 5) is 27.4. The van der Waals surface area contributed by atoms with Gasteiger partial charge < -0.3 is 4.90 Å². The third-order valence-electron chi connectivity index (χ3n) is 5.94. The van der Waals surface area contributed by atoms with Gasteiger partial charge in [-0.25, -0.2) is 5.01 Å². The summed E-state index contributed by atoms with van der Waals surface area (Å²) in [7, 11) is 0. The number of aryl methyl sites for hydroxylation is 1. The number of benzene rings is 1. The number of likely N-dealkylation sites (tertiary alicyclic amines) is 1. The molecule has 158 valence electrons. The molecule has 0 bridgehead atoms. The van der Waals surface area contributed by atoms with Gasteiger partial charge in [0, 0.05) is 32.1 Å². The molecule has 2 aliphatic heterocycles. The third kappa shape index (κ3) is 4.15. The number of hydrogen-bond donors (Lipinski definition) is 0. The van der Waals surface area contributed by atoms with Crippen LogP contribution in [0.2, 0.25) is 0 Å². The average molecular weight is 408 g/mol. The Morgan fingerprint density at radius 3 is 2.40 bits per heavy atom. The van der Waals surface area contributed by atoms with Gasteiger partial charge in [-0.15, -0.1) is 0 Å². The third-order valence-corrected chi connectivity index (χ3v) is 5.94. The van der Waals surface area contributed by atoms with Crippen LogP contribution in [0.25, 0.3) is 0 Å². The minimum atomic E-state index is -0.0726. The van der Waals surface area contributed by atoms with E-state index < -0.39 is 0 Å². The number of carbonyl (C=O) groups is 2. The highest BCUT2D eigenvalue weighted by atomic mass is 16.2. The zero-order valence-electron chi connectivity index (χ0n) is 17.9. The predicted octanol–water partition coefficient (Wildman–Crippen LogP) is 3.66. The molecule has 2 amide bonds. The van der Waals surface area contributed by atoms with E-state index in [2.05, 4.69) is 30.2 Å². The first-order chi connectivity index (χ1) is 14.4. The van der Waals surface area contributed by atoms with Gasteiger partial charge in [-0.1, -0.05) is 26.0 Å². The summed E-state index contributed by atoms with van der Waals surface area (Å²) in [5.41, 5.74) is 3.54. The van der Waals surface area contributed by atoms with Gasteiger partial charge in [0.2, 0.25) is 5.91 Å². The van der Waals surface area contributed by atoms with Gasteiger partial charge >= 0.3 is 0 Å². The van der Waals surface area contributed by atoms with Crippen LogP contribution in [0.3, 0.4) is 0 Å². The van der Waals surface area contributed by atoms with E-state index in [1.807, 2.05) is 47.0 Å². The van der Waals surface area contributed by atoms with Crippen LogP contribution in [0.4, 0.5) is 5.69 Å². The summed E-state index contributed by atoms with van der Waals surface area (Å²) in [6.45, 7) is 7.66. The van der Waals surface area contributed by atoms with Crippen LogP contribution in [-0.2, 0) is 9.59 Å². The SMILES string of the molecule is Cc1cnn(C2CCN(C(=O)C3=NN(c4ccc(C(C)C)cc4)C(=O)CC3)CC2)c1. The highest BCUT2D eigenvalue weighted by molar-refractivity contribution is 6.40. The van der Waals surface area contributed by atoms with E-state index in [-0.39, 0.29) is 11.8 Å². The molecule has 2 aromatic rings. The largest absolute Gasteiger partial charge is 0.337 e. The van der Waals surface area contributed by atoms with Crippen LogP contribution >= 0.6 is 0 Å². The zero-order chi connectivity index (χ0) is 21.3. The van der Waals surface area contributed by atoms with Gasteiger partial charge in [0.25, 0.3) is 5.91 Å². The summed E-state index contributed by atoms with van der Waals surface area (Å²) in [6.07, 6.45) is 6.38. The van der Waals surface area contributed by atoms with Crippen LogP contribution in [0.5, 0.6) is 0 Å². The molecule has 0 aliphatic carbocycles. The number of piperidine rings is 1. The Balaban J connectivity index is 1.44. The molecular weight excluding hydrogens is 378 g/mol. The molecule has 0 radical (unpaired) electrons. The first-order valence-electron chi connectivity index (χ1n) is 10.7. The van der Waals surface area contributed by atoms with E-state index in [1.165, 1.54) is 10.6 Å². The molecule has 1 fully saturated rings. The molecule has 7 nitrogen and oxygen atoms in total. The van der Waals surface area contributed by atoms with Crippen molar-refractivity contribution in [2.45, 2.75) is 58.4 Å². The summed E-state index contributed by atoms with van der Waals surface area (Å²) in [6, 6.07) is 8.17. The number of nitrogens with zero attached hydrogens (tertiary/aromatic N) is 5. The van der Waals surface area contributed by atoms with Gasteiger partial charge in [0.05, 0.1) is 17.9 Å². The predicted molar refractivity (Wildman–Crippen MR) is 117 cm³/mol. The number of anilines is 1. The van der Waals surface area contributed by atoms with Crippen molar-refractivity contribution in [3.8, 4) is 0 Å². The zero-order valence-corrected chi connectivity index (χ0v) is 17.9. The molecule has 30 heavy (non-hydrogen) atoms. The molecule has 0 unspecified atom stereocenters. The minimum absolute atomic E-state index is 0.0543. The summed E-state index contributed by atoms with van der Waals surface area (Å²) in [5, 5.41) is 10.3. The van der Waals surface area contributed by atoms with Gasteiger partial charge in [0.1, 0.15) is 5.71 Å².